The highest BCUT2D eigenvalue weighted by Crippen LogP contribution is 2.20. The number of nitrogens with one attached hydrogen (secondary N) is 1. The Bertz CT molecular complexity index is 552. The summed E-state index contributed by atoms with van der Waals surface area (Å²) in [5.41, 5.74) is 1.25. The molecule has 23 heavy (non-hydrogen) atoms. The van der Waals surface area contributed by atoms with Gasteiger partial charge in [0, 0.05) is 38.4 Å². The van der Waals surface area contributed by atoms with E-state index in [-0.39, 0.29) is 5.91 Å². The van der Waals surface area contributed by atoms with Gasteiger partial charge in [0.25, 0.3) is 5.91 Å². The van der Waals surface area contributed by atoms with Crippen molar-refractivity contribution in [2.75, 3.05) is 51.3 Å². The number of rotatable bonds is 6. The van der Waals surface area contributed by atoms with Crippen LogP contribution in [0.5, 0.6) is 5.75 Å². The highest BCUT2D eigenvalue weighted by Gasteiger charge is 2.16. The summed E-state index contributed by atoms with van der Waals surface area (Å²) < 4.78 is 5.20. The summed E-state index contributed by atoms with van der Waals surface area (Å²) in [6.07, 6.45) is 0.958. The molecule has 1 heterocycles. The van der Waals surface area contributed by atoms with E-state index >= 15 is 0 Å². The molecule has 1 saturated heterocycles. The second kappa shape index (κ2) is 9.06. The number of carbonyl (C=O) groups is 1. The van der Waals surface area contributed by atoms with E-state index in [1.54, 1.807) is 14.0 Å². The Morgan fingerprint density at radius 2 is 1.91 bits per heavy atom. The molecule has 0 radical (unpaired) electrons. The van der Waals surface area contributed by atoms with Gasteiger partial charge in [-0.05, 0) is 50.1 Å². The molecular weight excluding hydrogens is 290 g/mol. The number of carbonyl (C=O) groups excluding carboxylic acids is 1. The van der Waals surface area contributed by atoms with Crippen LogP contribution in [-0.4, -0.2) is 57.2 Å². The Labute approximate surface area is 138 Å². The van der Waals surface area contributed by atoms with Crippen molar-refractivity contribution in [1.29, 1.82) is 0 Å². The monoisotopic (exact) mass is 315 g/mol. The maximum Gasteiger partial charge on any atom is 0.295 e. The maximum atomic E-state index is 11.2. The van der Waals surface area contributed by atoms with E-state index < -0.39 is 0 Å². The van der Waals surface area contributed by atoms with E-state index in [1.807, 2.05) is 12.1 Å². The van der Waals surface area contributed by atoms with Crippen molar-refractivity contribution in [3.8, 4) is 17.6 Å². The topological polar surface area (TPSA) is 44.8 Å². The van der Waals surface area contributed by atoms with Gasteiger partial charge in [-0.2, -0.15) is 0 Å². The van der Waals surface area contributed by atoms with Crippen molar-refractivity contribution in [1.82, 2.24) is 10.2 Å². The Hall–Kier alpha value is -2.19. The molecule has 1 aromatic carbocycles. The van der Waals surface area contributed by atoms with Gasteiger partial charge in [-0.25, -0.2) is 0 Å². The number of anilines is 1. The zero-order valence-electron chi connectivity index (χ0n) is 14.0. The fraction of sp³-hybridized carbons (Fsp3) is 0.500. The van der Waals surface area contributed by atoms with Crippen molar-refractivity contribution < 1.29 is 9.53 Å². The van der Waals surface area contributed by atoms with Gasteiger partial charge >= 0.3 is 0 Å². The molecule has 0 saturated carbocycles. The average Bonchev–Trinajstić information content (AvgIpc) is 2.60. The van der Waals surface area contributed by atoms with Gasteiger partial charge in [0.15, 0.2) is 0 Å². The van der Waals surface area contributed by atoms with E-state index in [0.29, 0.717) is 6.54 Å². The summed E-state index contributed by atoms with van der Waals surface area (Å²) in [5, 5.41) is 2.81. The number of nitrogens with zero attached hydrogens (tertiary/aromatic N) is 2. The maximum absolute atomic E-state index is 11.2. The molecule has 1 amide bonds. The van der Waals surface area contributed by atoms with Crippen molar-refractivity contribution in [2.24, 2.45) is 0 Å². The lowest BCUT2D eigenvalue weighted by Gasteiger charge is -2.36. The number of hydrogen-bond donors (Lipinski definition) is 1. The summed E-state index contributed by atoms with van der Waals surface area (Å²) in [7, 11) is 1.69. The summed E-state index contributed by atoms with van der Waals surface area (Å²) >= 11 is 0. The van der Waals surface area contributed by atoms with Crippen molar-refractivity contribution in [3.05, 3.63) is 24.3 Å². The first-order valence-corrected chi connectivity index (χ1v) is 8.05. The van der Waals surface area contributed by atoms with Crippen LogP contribution < -0.4 is 15.0 Å². The molecule has 1 aliphatic heterocycles. The molecule has 1 aromatic rings. The molecule has 0 aliphatic carbocycles. The van der Waals surface area contributed by atoms with Crippen LogP contribution in [0.4, 0.5) is 5.69 Å². The molecule has 2 rings (SSSR count). The molecule has 1 fully saturated rings. The highest BCUT2D eigenvalue weighted by molar-refractivity contribution is 5.93. The van der Waals surface area contributed by atoms with E-state index in [0.717, 1.165) is 44.9 Å². The quantitative estimate of drug-likeness (QED) is 0.636. The predicted molar refractivity (Wildman–Crippen MR) is 92.7 cm³/mol. The first-order valence-electron chi connectivity index (χ1n) is 8.05. The van der Waals surface area contributed by atoms with Gasteiger partial charge < -0.3 is 15.0 Å². The van der Waals surface area contributed by atoms with Gasteiger partial charge in [0.2, 0.25) is 0 Å². The normalized spacial score (nSPS) is 14.8. The van der Waals surface area contributed by atoms with Crippen LogP contribution in [0.2, 0.25) is 0 Å². The van der Waals surface area contributed by atoms with E-state index in [4.69, 9.17) is 4.74 Å². The van der Waals surface area contributed by atoms with Gasteiger partial charge in [0.1, 0.15) is 5.75 Å². The molecule has 0 bridgehead atoms. The zero-order valence-corrected chi connectivity index (χ0v) is 14.0. The second-order valence-electron chi connectivity index (χ2n) is 5.51. The van der Waals surface area contributed by atoms with Crippen LogP contribution in [0.25, 0.3) is 0 Å². The molecule has 1 aliphatic rings. The van der Waals surface area contributed by atoms with E-state index in [9.17, 15) is 4.79 Å². The number of amides is 1. The Morgan fingerprint density at radius 3 is 2.52 bits per heavy atom. The van der Waals surface area contributed by atoms with E-state index in [2.05, 4.69) is 39.1 Å². The average molecular weight is 315 g/mol. The number of ether oxygens (including phenoxy) is 1. The summed E-state index contributed by atoms with van der Waals surface area (Å²) in [4.78, 5) is 16.1. The molecule has 0 aromatic heterocycles. The van der Waals surface area contributed by atoms with Gasteiger partial charge in [0.05, 0.1) is 7.11 Å². The smallest absolute Gasteiger partial charge is 0.295 e. The second-order valence-corrected chi connectivity index (χ2v) is 5.51. The first-order chi connectivity index (χ1) is 11.2. The SMILES string of the molecule is CC#CC(=O)NCCCN1CCN(c2ccc(OC)cc2)CC1. The summed E-state index contributed by atoms with van der Waals surface area (Å²) in [6.45, 7) is 7.52. The van der Waals surface area contributed by atoms with Gasteiger partial charge in [-0.1, -0.05) is 5.92 Å². The van der Waals surface area contributed by atoms with Crippen LogP contribution in [0.3, 0.4) is 0 Å². The fourth-order valence-electron chi connectivity index (χ4n) is 2.69. The van der Waals surface area contributed by atoms with Crippen molar-refractivity contribution in [2.45, 2.75) is 13.3 Å². The minimum atomic E-state index is -0.183. The summed E-state index contributed by atoms with van der Waals surface area (Å²) in [5.74, 6) is 5.79. The molecule has 0 atom stereocenters. The van der Waals surface area contributed by atoms with Crippen molar-refractivity contribution in [3.63, 3.8) is 0 Å². The third-order valence-electron chi connectivity index (χ3n) is 3.99. The van der Waals surface area contributed by atoms with Crippen LogP contribution >= 0.6 is 0 Å². The lowest BCUT2D eigenvalue weighted by atomic mass is 10.2. The predicted octanol–water partition coefficient (Wildman–Crippen LogP) is 1.35. The Kier molecular flexibility index (Phi) is 6.76. The van der Waals surface area contributed by atoms with Crippen molar-refractivity contribution >= 4 is 11.6 Å². The standard InChI is InChI=1S/C18H25N3O2/c1-3-5-18(22)19-10-4-11-20-12-14-21(15-13-20)16-6-8-17(23-2)9-7-16/h6-9H,4,10-15H2,1-2H3,(H,19,22). The number of methoxy groups -OCH3 is 1. The number of piperazine rings is 1. The molecule has 124 valence electrons. The lowest BCUT2D eigenvalue weighted by Crippen LogP contribution is -2.47. The minimum Gasteiger partial charge on any atom is -0.497 e. The van der Waals surface area contributed by atoms with Gasteiger partial charge in [-0.15, -0.1) is 0 Å². The lowest BCUT2D eigenvalue weighted by molar-refractivity contribution is -0.115. The number of benzene rings is 1. The molecule has 1 N–H and O–H groups in total. The third kappa shape index (κ3) is 5.50. The van der Waals surface area contributed by atoms with Crippen LogP contribution in [0, 0.1) is 11.8 Å². The molecule has 0 spiro atoms. The largest absolute Gasteiger partial charge is 0.497 e. The molecule has 0 unspecified atom stereocenters. The van der Waals surface area contributed by atoms with Gasteiger partial charge in [-0.3, -0.25) is 9.69 Å². The number of hydrogen-bond acceptors (Lipinski definition) is 4. The first kappa shape index (κ1) is 17.2. The zero-order chi connectivity index (χ0) is 16.5. The Morgan fingerprint density at radius 1 is 1.22 bits per heavy atom. The summed E-state index contributed by atoms with van der Waals surface area (Å²) in [6, 6.07) is 8.23. The van der Waals surface area contributed by atoms with Crippen LogP contribution in [0.15, 0.2) is 24.3 Å². The van der Waals surface area contributed by atoms with Crippen LogP contribution in [0.1, 0.15) is 13.3 Å². The fourth-order valence-corrected chi connectivity index (χ4v) is 2.69. The molecule has 5 nitrogen and oxygen atoms in total. The Balaban J connectivity index is 1.67. The van der Waals surface area contributed by atoms with E-state index in [1.165, 1.54) is 5.69 Å². The third-order valence-corrected chi connectivity index (χ3v) is 3.99. The highest BCUT2D eigenvalue weighted by atomic mass is 16.5. The van der Waals surface area contributed by atoms with Crippen LogP contribution in [-0.2, 0) is 4.79 Å². The molecule has 5 heteroatoms. The molecular formula is C18H25N3O2. The minimum absolute atomic E-state index is 0.183.